The quantitative estimate of drug-likeness (QED) is 0.0261. The molecule has 0 unspecified atom stereocenters. The molecule has 6 nitrogen and oxygen atoms in total. The Morgan fingerprint density at radius 3 is 0.959 bits per heavy atom. The highest BCUT2D eigenvalue weighted by Crippen LogP contribution is 2.16. The molecule has 0 saturated carbocycles. The smallest absolute Gasteiger partial charge is 0.306 e. The first-order chi connectivity index (χ1) is 36.0. The van der Waals surface area contributed by atoms with Gasteiger partial charge in [0.15, 0.2) is 6.10 Å². The van der Waals surface area contributed by atoms with E-state index in [4.69, 9.17) is 14.2 Å². The highest BCUT2D eigenvalue weighted by molar-refractivity contribution is 5.71. The second-order valence-corrected chi connectivity index (χ2v) is 19.5. The van der Waals surface area contributed by atoms with E-state index in [1.165, 1.54) is 128 Å². The molecule has 0 heterocycles. The topological polar surface area (TPSA) is 78.9 Å². The van der Waals surface area contributed by atoms with Crippen LogP contribution in [0.25, 0.3) is 0 Å². The molecule has 0 fully saturated rings. The predicted molar refractivity (Wildman–Crippen MR) is 316 cm³/mol. The van der Waals surface area contributed by atoms with Crippen LogP contribution in [-0.2, 0) is 28.6 Å². The Kier molecular flexibility index (Phi) is 56.9. The van der Waals surface area contributed by atoms with Crippen LogP contribution in [0.5, 0.6) is 0 Å². The lowest BCUT2D eigenvalue weighted by Gasteiger charge is -2.18. The van der Waals surface area contributed by atoms with Gasteiger partial charge in [0.05, 0.1) is 0 Å². The van der Waals surface area contributed by atoms with E-state index in [1.54, 1.807) is 0 Å². The summed E-state index contributed by atoms with van der Waals surface area (Å²) in [6.07, 6.45) is 83.5. The maximum absolute atomic E-state index is 12.9. The van der Waals surface area contributed by atoms with E-state index in [9.17, 15) is 14.4 Å². The van der Waals surface area contributed by atoms with Crippen molar-refractivity contribution in [3.63, 3.8) is 0 Å². The maximum atomic E-state index is 12.9. The summed E-state index contributed by atoms with van der Waals surface area (Å²) in [7, 11) is 0. The average Bonchev–Trinajstić information content (AvgIpc) is 3.39. The molecule has 73 heavy (non-hydrogen) atoms. The second-order valence-electron chi connectivity index (χ2n) is 19.5. The van der Waals surface area contributed by atoms with Gasteiger partial charge < -0.3 is 14.2 Å². The van der Waals surface area contributed by atoms with Crippen LogP contribution in [0.15, 0.2) is 122 Å². The zero-order chi connectivity index (χ0) is 52.9. The molecule has 0 aromatic heterocycles. The minimum absolute atomic E-state index is 0.130. The van der Waals surface area contributed by atoms with Crippen molar-refractivity contribution in [2.75, 3.05) is 13.2 Å². The lowest BCUT2D eigenvalue weighted by atomic mass is 10.0. The molecule has 6 heteroatoms. The molecular weight excluding hydrogens is 901 g/mol. The number of hydrogen-bond donors (Lipinski definition) is 0. The predicted octanol–water partition coefficient (Wildman–Crippen LogP) is 20.4. The number of carbonyl (C=O) groups excluding carboxylic acids is 3. The van der Waals surface area contributed by atoms with E-state index >= 15 is 0 Å². The minimum atomic E-state index is -0.833. The van der Waals surface area contributed by atoms with Crippen LogP contribution < -0.4 is 0 Å². The third-order valence-electron chi connectivity index (χ3n) is 12.5. The van der Waals surface area contributed by atoms with Crippen molar-refractivity contribution in [2.24, 2.45) is 0 Å². The molecule has 0 aliphatic rings. The zero-order valence-electron chi connectivity index (χ0n) is 47.4. The maximum Gasteiger partial charge on any atom is 0.306 e. The lowest BCUT2D eigenvalue weighted by Crippen LogP contribution is -2.30. The number of carbonyl (C=O) groups is 3. The van der Waals surface area contributed by atoms with E-state index in [0.717, 1.165) is 83.5 Å². The molecule has 0 bridgehead atoms. The zero-order valence-corrected chi connectivity index (χ0v) is 47.4. The van der Waals surface area contributed by atoms with Crippen LogP contribution in [0.1, 0.15) is 265 Å². The Morgan fingerprint density at radius 2 is 0.575 bits per heavy atom. The van der Waals surface area contributed by atoms with Crippen LogP contribution in [0.3, 0.4) is 0 Å². The van der Waals surface area contributed by atoms with Crippen molar-refractivity contribution < 1.29 is 28.6 Å². The van der Waals surface area contributed by atoms with Gasteiger partial charge in [-0.3, -0.25) is 14.4 Å². The van der Waals surface area contributed by atoms with Gasteiger partial charge in [-0.25, -0.2) is 0 Å². The summed E-state index contributed by atoms with van der Waals surface area (Å²) in [6.45, 7) is 6.40. The van der Waals surface area contributed by atoms with E-state index in [1.807, 2.05) is 6.08 Å². The molecule has 0 amide bonds. The fourth-order valence-corrected chi connectivity index (χ4v) is 7.99. The fourth-order valence-electron chi connectivity index (χ4n) is 7.99. The van der Waals surface area contributed by atoms with Crippen molar-refractivity contribution in [1.29, 1.82) is 0 Å². The number of esters is 3. The standard InChI is InChI=1S/C67H110O6/c1-4-7-10-13-16-19-22-25-28-31-33-36-39-42-45-48-51-54-57-60-66(69)72-63-64(62-71-65(68)59-56-53-50-47-44-41-38-35-30-27-24-21-18-15-12-9-6-3)73-67(70)61-58-55-52-49-46-43-40-37-34-32-29-26-23-20-17-14-11-8-5-2/h7,10,16,18-19,21,25,27-28,30,33,36,38,41-42,45,47,50-51,54,64H,4-6,8-9,11-15,17,20,22-24,26,29,31-32,34-35,37,39-40,43-44,46,48-49,52-53,55-63H2,1-3H3/b10-7+,19-16+,21-18+,28-25+,30-27+,36-33+,41-38+,45-42+,50-47+,54-51+/t64-/m1/s1. The number of hydrogen-bond acceptors (Lipinski definition) is 6. The number of unbranched alkanes of at least 4 members (excludes halogenated alkanes) is 22. The normalized spacial score (nSPS) is 13.0. The minimum Gasteiger partial charge on any atom is -0.462 e. The summed E-state index contributed by atoms with van der Waals surface area (Å²) in [6, 6.07) is 0. The summed E-state index contributed by atoms with van der Waals surface area (Å²) in [5.74, 6) is -1.06. The Morgan fingerprint density at radius 1 is 0.288 bits per heavy atom. The average molecular weight is 1010 g/mol. The first kappa shape index (κ1) is 68.8. The molecule has 0 radical (unpaired) electrons. The van der Waals surface area contributed by atoms with Gasteiger partial charge in [-0.05, 0) is 96.3 Å². The Bertz CT molecular complexity index is 1540. The van der Waals surface area contributed by atoms with Crippen LogP contribution >= 0.6 is 0 Å². The molecule has 0 saturated heterocycles. The fraction of sp³-hybridized carbons (Fsp3) is 0.657. The van der Waals surface area contributed by atoms with Gasteiger partial charge in [0.2, 0.25) is 0 Å². The third kappa shape index (κ3) is 58.6. The van der Waals surface area contributed by atoms with Crippen LogP contribution in [0, 0.1) is 0 Å². The van der Waals surface area contributed by atoms with Gasteiger partial charge in [-0.2, -0.15) is 0 Å². The Balaban J connectivity index is 4.56. The number of allylic oxidation sites excluding steroid dienone is 20. The Labute approximate surface area is 450 Å². The first-order valence-electron chi connectivity index (χ1n) is 30.0. The van der Waals surface area contributed by atoms with Crippen molar-refractivity contribution in [3.8, 4) is 0 Å². The summed E-state index contributed by atoms with van der Waals surface area (Å²) >= 11 is 0. The van der Waals surface area contributed by atoms with E-state index in [-0.39, 0.29) is 44.0 Å². The molecule has 0 aromatic rings. The third-order valence-corrected chi connectivity index (χ3v) is 12.5. The van der Waals surface area contributed by atoms with E-state index < -0.39 is 6.10 Å². The lowest BCUT2D eigenvalue weighted by molar-refractivity contribution is -0.166. The van der Waals surface area contributed by atoms with Gasteiger partial charge in [0, 0.05) is 19.3 Å². The van der Waals surface area contributed by atoms with E-state index in [2.05, 4.69) is 136 Å². The summed E-state index contributed by atoms with van der Waals surface area (Å²) in [5.41, 5.74) is 0. The molecular formula is C67H110O6. The van der Waals surface area contributed by atoms with Crippen molar-refractivity contribution >= 4 is 17.9 Å². The van der Waals surface area contributed by atoms with E-state index in [0.29, 0.717) is 19.3 Å². The highest BCUT2D eigenvalue weighted by atomic mass is 16.6. The van der Waals surface area contributed by atoms with Gasteiger partial charge in [-0.15, -0.1) is 0 Å². The first-order valence-corrected chi connectivity index (χ1v) is 30.0. The van der Waals surface area contributed by atoms with Crippen LogP contribution in [0.2, 0.25) is 0 Å². The molecule has 0 aromatic carbocycles. The summed E-state index contributed by atoms with van der Waals surface area (Å²) in [4.78, 5) is 38.2. The Hall–Kier alpha value is -4.19. The molecule has 0 N–H and O–H groups in total. The molecule has 1 atom stereocenters. The van der Waals surface area contributed by atoms with Crippen LogP contribution in [-0.4, -0.2) is 37.2 Å². The SMILES string of the molecule is CC/C=C/C/C=C/C/C=C/C/C=C/C/C=C/C/C=C/CCC(=O)OC[C@@H](COC(=O)CCC/C=C/C/C=C/C/C=C/C/C=C/CCCCC)OC(=O)CCCCCCCCCCCCCCCCCCCCC. The number of ether oxygens (including phenoxy) is 3. The monoisotopic (exact) mass is 1010 g/mol. The molecule has 0 rings (SSSR count). The van der Waals surface area contributed by atoms with Crippen molar-refractivity contribution in [1.82, 2.24) is 0 Å². The summed E-state index contributed by atoms with van der Waals surface area (Å²) < 4.78 is 16.8. The molecule has 0 spiro atoms. The van der Waals surface area contributed by atoms with Crippen LogP contribution in [0.4, 0.5) is 0 Å². The van der Waals surface area contributed by atoms with Crippen molar-refractivity contribution in [2.45, 2.75) is 271 Å². The highest BCUT2D eigenvalue weighted by Gasteiger charge is 2.19. The van der Waals surface area contributed by atoms with Gasteiger partial charge in [0.1, 0.15) is 13.2 Å². The van der Waals surface area contributed by atoms with Gasteiger partial charge in [0.25, 0.3) is 0 Å². The van der Waals surface area contributed by atoms with Crippen molar-refractivity contribution in [3.05, 3.63) is 122 Å². The molecule has 0 aliphatic heterocycles. The van der Waals surface area contributed by atoms with Gasteiger partial charge >= 0.3 is 17.9 Å². The largest absolute Gasteiger partial charge is 0.462 e. The molecule has 0 aliphatic carbocycles. The second kappa shape index (κ2) is 60.4. The number of rotatable bonds is 53. The van der Waals surface area contributed by atoms with Gasteiger partial charge in [-0.1, -0.05) is 271 Å². The molecule has 414 valence electrons. The summed E-state index contributed by atoms with van der Waals surface area (Å²) in [5, 5.41) is 0.